The third kappa shape index (κ3) is 3.80. The van der Waals surface area contributed by atoms with Crippen molar-refractivity contribution in [2.45, 2.75) is 39.6 Å². The first-order valence-electron chi connectivity index (χ1n) is 5.28. The molecule has 0 saturated carbocycles. The number of ether oxygens (including phenoxy) is 3. The quantitative estimate of drug-likeness (QED) is 0.667. The average Bonchev–Trinajstić information content (AvgIpc) is 2.46. The summed E-state index contributed by atoms with van der Waals surface area (Å²) >= 11 is 0. The van der Waals surface area contributed by atoms with E-state index in [1.807, 2.05) is 20.3 Å². The van der Waals surface area contributed by atoms with E-state index < -0.39 is 5.79 Å². The van der Waals surface area contributed by atoms with Crippen LogP contribution in [0.5, 0.6) is 0 Å². The lowest BCUT2D eigenvalue weighted by Crippen LogP contribution is -2.25. The minimum absolute atomic E-state index is 0.126. The SMILES string of the molecule is CCOC(=O)C(C)[CH][C@H]1COC(C)(C)O1. The van der Waals surface area contributed by atoms with Crippen molar-refractivity contribution < 1.29 is 19.0 Å². The second kappa shape index (κ2) is 4.94. The van der Waals surface area contributed by atoms with Crippen molar-refractivity contribution in [3.63, 3.8) is 0 Å². The molecular formula is C11H19O4. The van der Waals surface area contributed by atoms with E-state index in [-0.39, 0.29) is 18.0 Å². The van der Waals surface area contributed by atoms with E-state index in [2.05, 4.69) is 0 Å². The number of esters is 1. The van der Waals surface area contributed by atoms with Crippen molar-refractivity contribution in [3.05, 3.63) is 6.42 Å². The molecule has 1 saturated heterocycles. The van der Waals surface area contributed by atoms with Crippen molar-refractivity contribution >= 4 is 5.97 Å². The highest BCUT2D eigenvalue weighted by Crippen LogP contribution is 2.25. The highest BCUT2D eigenvalue weighted by Gasteiger charge is 2.34. The van der Waals surface area contributed by atoms with Gasteiger partial charge in [0.25, 0.3) is 0 Å². The Bertz CT molecular complexity index is 225. The molecule has 1 heterocycles. The minimum Gasteiger partial charge on any atom is -0.466 e. The van der Waals surface area contributed by atoms with Crippen LogP contribution in [-0.2, 0) is 19.0 Å². The summed E-state index contributed by atoms with van der Waals surface area (Å²) in [6, 6.07) is 0. The maximum atomic E-state index is 11.3. The molecule has 0 amide bonds. The standard InChI is InChI=1S/C11H19O4/c1-5-13-10(12)8(2)6-9-7-14-11(3,4)15-9/h6,8-9H,5,7H2,1-4H3/t8?,9-/m0/s1. The molecule has 4 heteroatoms. The Kier molecular flexibility index (Phi) is 4.11. The Morgan fingerprint density at radius 2 is 2.33 bits per heavy atom. The van der Waals surface area contributed by atoms with Crippen LogP contribution in [0.1, 0.15) is 27.7 Å². The molecule has 1 radical (unpaired) electrons. The number of rotatable bonds is 4. The molecule has 1 unspecified atom stereocenters. The summed E-state index contributed by atoms with van der Waals surface area (Å²) in [5.41, 5.74) is 0. The molecule has 1 fully saturated rings. The van der Waals surface area contributed by atoms with Gasteiger partial charge in [-0.25, -0.2) is 0 Å². The van der Waals surface area contributed by atoms with Crippen LogP contribution in [0.3, 0.4) is 0 Å². The number of carbonyl (C=O) groups is 1. The molecule has 2 atom stereocenters. The lowest BCUT2D eigenvalue weighted by molar-refractivity contribution is -0.149. The van der Waals surface area contributed by atoms with E-state index in [1.165, 1.54) is 0 Å². The fourth-order valence-electron chi connectivity index (χ4n) is 1.48. The summed E-state index contributed by atoms with van der Waals surface area (Å²) in [6.07, 6.45) is 1.70. The Hall–Kier alpha value is -0.610. The lowest BCUT2D eigenvalue weighted by atomic mass is 10.0. The summed E-state index contributed by atoms with van der Waals surface area (Å²) in [5.74, 6) is -1.02. The van der Waals surface area contributed by atoms with Crippen LogP contribution in [0.25, 0.3) is 0 Å². The summed E-state index contributed by atoms with van der Waals surface area (Å²) in [7, 11) is 0. The maximum Gasteiger partial charge on any atom is 0.309 e. The zero-order valence-electron chi connectivity index (χ0n) is 9.78. The van der Waals surface area contributed by atoms with E-state index in [9.17, 15) is 4.79 Å². The molecule has 1 rings (SSSR count). The van der Waals surface area contributed by atoms with Crippen LogP contribution in [0.15, 0.2) is 0 Å². The Morgan fingerprint density at radius 1 is 1.67 bits per heavy atom. The normalized spacial score (nSPS) is 26.3. The summed E-state index contributed by atoms with van der Waals surface area (Å²) in [5, 5.41) is 0. The van der Waals surface area contributed by atoms with E-state index in [0.29, 0.717) is 13.2 Å². The van der Waals surface area contributed by atoms with Gasteiger partial charge in [-0.1, -0.05) is 6.92 Å². The minimum atomic E-state index is -0.546. The molecule has 0 bridgehead atoms. The van der Waals surface area contributed by atoms with E-state index in [0.717, 1.165) is 0 Å². The molecule has 0 aromatic rings. The van der Waals surface area contributed by atoms with Gasteiger partial charge in [0.2, 0.25) is 0 Å². The number of hydrogen-bond donors (Lipinski definition) is 0. The van der Waals surface area contributed by atoms with Gasteiger partial charge in [0.15, 0.2) is 5.79 Å². The number of hydrogen-bond acceptors (Lipinski definition) is 4. The van der Waals surface area contributed by atoms with Crippen molar-refractivity contribution in [1.29, 1.82) is 0 Å². The monoisotopic (exact) mass is 215 g/mol. The second-order valence-corrected chi connectivity index (χ2v) is 4.10. The van der Waals surface area contributed by atoms with Gasteiger partial charge in [-0.15, -0.1) is 0 Å². The molecular weight excluding hydrogens is 196 g/mol. The van der Waals surface area contributed by atoms with E-state index >= 15 is 0 Å². The second-order valence-electron chi connectivity index (χ2n) is 4.10. The van der Waals surface area contributed by atoms with Crippen LogP contribution in [0, 0.1) is 12.3 Å². The topological polar surface area (TPSA) is 44.8 Å². The average molecular weight is 215 g/mol. The molecule has 1 aliphatic rings. The summed E-state index contributed by atoms with van der Waals surface area (Å²) in [6.45, 7) is 8.21. The van der Waals surface area contributed by atoms with Crippen molar-refractivity contribution in [2.75, 3.05) is 13.2 Å². The molecule has 0 aliphatic carbocycles. The van der Waals surface area contributed by atoms with Crippen LogP contribution >= 0.6 is 0 Å². The Morgan fingerprint density at radius 3 is 2.80 bits per heavy atom. The highest BCUT2D eigenvalue weighted by atomic mass is 16.7. The van der Waals surface area contributed by atoms with Crippen molar-refractivity contribution in [1.82, 2.24) is 0 Å². The van der Waals surface area contributed by atoms with Gasteiger partial charge in [0, 0.05) is 6.42 Å². The molecule has 15 heavy (non-hydrogen) atoms. The van der Waals surface area contributed by atoms with E-state index in [4.69, 9.17) is 14.2 Å². The fourth-order valence-corrected chi connectivity index (χ4v) is 1.48. The predicted octanol–water partition coefficient (Wildman–Crippen LogP) is 1.54. The van der Waals surface area contributed by atoms with Crippen molar-refractivity contribution in [3.8, 4) is 0 Å². The first kappa shape index (κ1) is 12.5. The molecule has 87 valence electrons. The molecule has 0 N–H and O–H groups in total. The summed E-state index contributed by atoms with van der Waals surface area (Å²) < 4.78 is 15.8. The van der Waals surface area contributed by atoms with Crippen LogP contribution in [-0.4, -0.2) is 31.1 Å². The first-order valence-corrected chi connectivity index (χ1v) is 5.28. The largest absolute Gasteiger partial charge is 0.466 e. The highest BCUT2D eigenvalue weighted by molar-refractivity contribution is 5.73. The van der Waals surface area contributed by atoms with Gasteiger partial charge in [-0.05, 0) is 20.8 Å². The third-order valence-electron chi connectivity index (χ3n) is 2.19. The Labute approximate surface area is 90.9 Å². The first-order chi connectivity index (χ1) is 6.94. The molecule has 1 aliphatic heterocycles. The van der Waals surface area contributed by atoms with Gasteiger partial charge in [0.05, 0.1) is 25.2 Å². The summed E-state index contributed by atoms with van der Waals surface area (Å²) in [4.78, 5) is 11.3. The zero-order chi connectivity index (χ0) is 11.5. The zero-order valence-corrected chi connectivity index (χ0v) is 9.78. The molecule has 4 nitrogen and oxygen atoms in total. The van der Waals surface area contributed by atoms with Crippen LogP contribution < -0.4 is 0 Å². The fraction of sp³-hybridized carbons (Fsp3) is 0.818. The smallest absolute Gasteiger partial charge is 0.309 e. The van der Waals surface area contributed by atoms with Gasteiger partial charge >= 0.3 is 5.97 Å². The third-order valence-corrected chi connectivity index (χ3v) is 2.19. The van der Waals surface area contributed by atoms with Gasteiger partial charge in [-0.3, -0.25) is 4.79 Å². The Balaban J connectivity index is 2.33. The maximum absolute atomic E-state index is 11.3. The number of carbonyl (C=O) groups excluding carboxylic acids is 1. The predicted molar refractivity (Wildman–Crippen MR) is 55.0 cm³/mol. The van der Waals surface area contributed by atoms with Crippen molar-refractivity contribution in [2.24, 2.45) is 5.92 Å². The van der Waals surface area contributed by atoms with Gasteiger partial charge in [-0.2, -0.15) is 0 Å². The molecule has 0 aromatic carbocycles. The molecule has 0 spiro atoms. The van der Waals surface area contributed by atoms with Gasteiger partial charge in [0.1, 0.15) is 0 Å². The lowest BCUT2D eigenvalue weighted by Gasteiger charge is -2.18. The van der Waals surface area contributed by atoms with E-state index in [1.54, 1.807) is 13.8 Å². The van der Waals surface area contributed by atoms with Gasteiger partial charge < -0.3 is 14.2 Å². The molecule has 0 aromatic heterocycles. The van der Waals surface area contributed by atoms with Crippen LogP contribution in [0.4, 0.5) is 0 Å². The van der Waals surface area contributed by atoms with Crippen LogP contribution in [0.2, 0.25) is 0 Å².